The summed E-state index contributed by atoms with van der Waals surface area (Å²) in [6.45, 7) is 5.14. The maximum atomic E-state index is 12.4. The number of benzene rings is 1. The SMILES string of the molecule is CCOC(OCC)C(=O)C(C(C)=O)C(=O)c1ccccc1. The Morgan fingerprint density at radius 1 is 1.00 bits per heavy atom. The van der Waals surface area contributed by atoms with Gasteiger partial charge < -0.3 is 9.47 Å². The monoisotopic (exact) mass is 292 g/mol. The molecule has 1 unspecified atom stereocenters. The van der Waals surface area contributed by atoms with Crippen LogP contribution in [-0.2, 0) is 19.1 Å². The highest BCUT2D eigenvalue weighted by atomic mass is 16.7. The highest BCUT2D eigenvalue weighted by Crippen LogP contribution is 2.15. The van der Waals surface area contributed by atoms with E-state index in [9.17, 15) is 14.4 Å². The summed E-state index contributed by atoms with van der Waals surface area (Å²) in [6, 6.07) is 8.25. The lowest BCUT2D eigenvalue weighted by molar-refractivity contribution is -0.171. The van der Waals surface area contributed by atoms with Gasteiger partial charge in [-0.3, -0.25) is 14.4 Å². The van der Waals surface area contributed by atoms with E-state index in [0.717, 1.165) is 0 Å². The van der Waals surface area contributed by atoms with Crippen molar-refractivity contribution in [3.63, 3.8) is 0 Å². The third-order valence-corrected chi connectivity index (χ3v) is 2.88. The van der Waals surface area contributed by atoms with Crippen molar-refractivity contribution in [2.24, 2.45) is 5.92 Å². The molecule has 5 heteroatoms. The molecule has 0 bridgehead atoms. The van der Waals surface area contributed by atoms with Crippen LogP contribution in [0.4, 0.5) is 0 Å². The summed E-state index contributed by atoms with van der Waals surface area (Å²) in [6.07, 6.45) is -1.19. The van der Waals surface area contributed by atoms with Gasteiger partial charge in [-0.15, -0.1) is 0 Å². The number of Topliss-reactive ketones (excluding diaryl/α,β-unsaturated/α-hetero) is 3. The summed E-state index contributed by atoms with van der Waals surface area (Å²) in [5, 5.41) is 0. The Labute approximate surface area is 124 Å². The number of hydrogen-bond acceptors (Lipinski definition) is 5. The molecule has 0 amide bonds. The summed E-state index contributed by atoms with van der Waals surface area (Å²) in [4.78, 5) is 36.5. The van der Waals surface area contributed by atoms with Crippen molar-refractivity contribution in [1.29, 1.82) is 0 Å². The fourth-order valence-electron chi connectivity index (χ4n) is 1.93. The van der Waals surface area contributed by atoms with Gasteiger partial charge >= 0.3 is 0 Å². The molecule has 0 saturated heterocycles. The lowest BCUT2D eigenvalue weighted by Gasteiger charge is -2.20. The summed E-state index contributed by atoms with van der Waals surface area (Å²) in [5.41, 5.74) is 0.317. The highest BCUT2D eigenvalue weighted by Gasteiger charge is 2.37. The van der Waals surface area contributed by atoms with E-state index >= 15 is 0 Å². The van der Waals surface area contributed by atoms with E-state index in [2.05, 4.69) is 0 Å². The first-order valence-electron chi connectivity index (χ1n) is 6.89. The molecule has 5 nitrogen and oxygen atoms in total. The number of carbonyl (C=O) groups excluding carboxylic acids is 3. The Morgan fingerprint density at radius 3 is 1.95 bits per heavy atom. The standard InChI is InChI=1S/C16H20O5/c1-4-20-16(21-5-2)15(19)13(11(3)17)14(18)12-9-7-6-8-10-12/h6-10,13,16H,4-5H2,1-3H3. The zero-order valence-corrected chi connectivity index (χ0v) is 12.5. The molecule has 114 valence electrons. The summed E-state index contributed by atoms with van der Waals surface area (Å²) < 4.78 is 10.4. The number of hydrogen-bond donors (Lipinski definition) is 0. The van der Waals surface area contributed by atoms with Crippen LogP contribution in [0.25, 0.3) is 0 Å². The number of ether oxygens (including phenoxy) is 2. The van der Waals surface area contributed by atoms with Crippen LogP contribution in [0.1, 0.15) is 31.1 Å². The largest absolute Gasteiger partial charge is 0.346 e. The highest BCUT2D eigenvalue weighted by molar-refractivity contribution is 6.24. The average molecular weight is 292 g/mol. The molecule has 0 N–H and O–H groups in total. The second-order valence-electron chi connectivity index (χ2n) is 4.42. The smallest absolute Gasteiger partial charge is 0.219 e. The Kier molecular flexibility index (Phi) is 6.91. The van der Waals surface area contributed by atoms with Gasteiger partial charge in [0, 0.05) is 18.8 Å². The molecule has 0 aromatic heterocycles. The zero-order valence-electron chi connectivity index (χ0n) is 12.5. The summed E-state index contributed by atoms with van der Waals surface area (Å²) >= 11 is 0. The van der Waals surface area contributed by atoms with Gasteiger partial charge in [-0.25, -0.2) is 0 Å². The van der Waals surface area contributed by atoms with E-state index in [1.807, 2.05) is 0 Å². The number of carbonyl (C=O) groups is 3. The van der Waals surface area contributed by atoms with E-state index < -0.39 is 29.6 Å². The molecule has 0 aliphatic heterocycles. The molecule has 0 fully saturated rings. The van der Waals surface area contributed by atoms with E-state index in [-0.39, 0.29) is 13.2 Å². The van der Waals surface area contributed by atoms with Crippen LogP contribution in [0.3, 0.4) is 0 Å². The maximum absolute atomic E-state index is 12.4. The van der Waals surface area contributed by atoms with Crippen LogP contribution in [0.5, 0.6) is 0 Å². The molecule has 0 aliphatic rings. The topological polar surface area (TPSA) is 69.7 Å². The van der Waals surface area contributed by atoms with Crippen LogP contribution >= 0.6 is 0 Å². The van der Waals surface area contributed by atoms with Crippen molar-refractivity contribution in [3.05, 3.63) is 35.9 Å². The normalized spacial score (nSPS) is 12.2. The third kappa shape index (κ3) is 4.58. The van der Waals surface area contributed by atoms with Crippen LogP contribution in [0.2, 0.25) is 0 Å². The fraction of sp³-hybridized carbons (Fsp3) is 0.438. The predicted octanol–water partition coefficient (Wildman–Crippen LogP) is 2.04. The van der Waals surface area contributed by atoms with Gasteiger partial charge in [0.05, 0.1) is 0 Å². The van der Waals surface area contributed by atoms with Crippen molar-refractivity contribution in [1.82, 2.24) is 0 Å². The molecular formula is C16H20O5. The van der Waals surface area contributed by atoms with Crippen molar-refractivity contribution >= 4 is 17.3 Å². The van der Waals surface area contributed by atoms with Crippen molar-refractivity contribution in [3.8, 4) is 0 Å². The minimum atomic E-state index is -1.39. The number of rotatable bonds is 9. The Balaban J connectivity index is 3.03. The Hall–Kier alpha value is -1.85. The van der Waals surface area contributed by atoms with E-state index in [4.69, 9.17) is 9.47 Å². The molecule has 0 radical (unpaired) electrons. The van der Waals surface area contributed by atoms with Crippen molar-refractivity contribution in [2.45, 2.75) is 27.1 Å². The molecule has 1 aromatic carbocycles. The quantitative estimate of drug-likeness (QED) is 0.396. The predicted molar refractivity (Wildman–Crippen MR) is 77.0 cm³/mol. The maximum Gasteiger partial charge on any atom is 0.219 e. The summed E-state index contributed by atoms with van der Waals surface area (Å²) in [5.74, 6) is -3.09. The first kappa shape index (κ1) is 17.2. The lowest BCUT2D eigenvalue weighted by atomic mass is 9.90. The van der Waals surface area contributed by atoms with E-state index in [1.165, 1.54) is 6.92 Å². The molecule has 0 saturated carbocycles. The van der Waals surface area contributed by atoms with Gasteiger partial charge in [-0.1, -0.05) is 30.3 Å². The Morgan fingerprint density at radius 2 is 1.52 bits per heavy atom. The minimum Gasteiger partial charge on any atom is -0.346 e. The molecular weight excluding hydrogens is 272 g/mol. The fourth-order valence-corrected chi connectivity index (χ4v) is 1.93. The van der Waals surface area contributed by atoms with Gasteiger partial charge in [0.25, 0.3) is 0 Å². The number of ketones is 3. The minimum absolute atomic E-state index is 0.251. The van der Waals surface area contributed by atoms with Crippen LogP contribution in [0.15, 0.2) is 30.3 Å². The van der Waals surface area contributed by atoms with Gasteiger partial charge in [0.15, 0.2) is 5.78 Å². The molecule has 0 aliphatic carbocycles. The summed E-state index contributed by atoms with van der Waals surface area (Å²) in [7, 11) is 0. The lowest BCUT2D eigenvalue weighted by Crippen LogP contribution is -2.40. The van der Waals surface area contributed by atoms with Crippen LogP contribution < -0.4 is 0 Å². The first-order chi connectivity index (χ1) is 10.0. The van der Waals surface area contributed by atoms with Gasteiger partial charge in [0.1, 0.15) is 11.7 Å². The molecule has 0 spiro atoms. The van der Waals surface area contributed by atoms with Crippen LogP contribution in [0, 0.1) is 5.92 Å². The third-order valence-electron chi connectivity index (χ3n) is 2.88. The molecule has 1 rings (SSSR count). The Bertz CT molecular complexity index is 489. The first-order valence-corrected chi connectivity index (χ1v) is 6.89. The molecule has 1 atom stereocenters. The molecule has 0 heterocycles. The van der Waals surface area contributed by atoms with Gasteiger partial charge in [-0.2, -0.15) is 0 Å². The van der Waals surface area contributed by atoms with Crippen molar-refractivity contribution < 1.29 is 23.9 Å². The second-order valence-corrected chi connectivity index (χ2v) is 4.42. The van der Waals surface area contributed by atoms with E-state index in [0.29, 0.717) is 5.56 Å². The average Bonchev–Trinajstić information content (AvgIpc) is 2.47. The second kappa shape index (κ2) is 8.44. The van der Waals surface area contributed by atoms with Crippen molar-refractivity contribution in [2.75, 3.05) is 13.2 Å². The van der Waals surface area contributed by atoms with Gasteiger partial charge in [-0.05, 0) is 20.8 Å². The molecule has 1 aromatic rings. The molecule has 21 heavy (non-hydrogen) atoms. The van der Waals surface area contributed by atoms with E-state index in [1.54, 1.807) is 44.2 Å². The van der Waals surface area contributed by atoms with Crippen LogP contribution in [-0.4, -0.2) is 36.9 Å². The van der Waals surface area contributed by atoms with Gasteiger partial charge in [0.2, 0.25) is 12.1 Å². The zero-order chi connectivity index (χ0) is 15.8.